The molecule has 1 aliphatic rings. The maximum absolute atomic E-state index is 12.9. The van der Waals surface area contributed by atoms with Gasteiger partial charge in [0.05, 0.1) is 0 Å². The number of ketones is 1. The van der Waals surface area contributed by atoms with E-state index in [4.69, 9.17) is 4.74 Å². The molecule has 1 heterocycles. The quantitative estimate of drug-likeness (QED) is 0.641. The van der Waals surface area contributed by atoms with Crippen molar-refractivity contribution >= 4 is 11.8 Å². The number of carbonyl (C=O) groups excluding carboxylic acids is 2. The van der Waals surface area contributed by atoms with Crippen LogP contribution in [-0.4, -0.2) is 42.4 Å². The highest BCUT2D eigenvalue weighted by Gasteiger charge is 2.57. The number of likely N-dealkylation sites (N-methyl/N-ethyl adjacent to an activating group) is 1. The van der Waals surface area contributed by atoms with Gasteiger partial charge in [-0.15, -0.1) is 0 Å². The van der Waals surface area contributed by atoms with Crippen LogP contribution < -0.4 is 0 Å². The average Bonchev–Trinajstić information content (AvgIpc) is 2.59. The summed E-state index contributed by atoms with van der Waals surface area (Å²) in [5.74, 6) is -1.09. The van der Waals surface area contributed by atoms with Crippen LogP contribution in [0.1, 0.15) is 24.0 Å². The highest BCUT2D eigenvalue weighted by atomic mass is 16.5. The molecule has 4 nitrogen and oxygen atoms in total. The Morgan fingerprint density at radius 2 is 1.54 bits per heavy atom. The second-order valence-electron chi connectivity index (χ2n) is 6.13. The first-order valence-electron chi connectivity index (χ1n) is 8.08. The first-order valence-corrected chi connectivity index (χ1v) is 8.08. The third-order valence-corrected chi connectivity index (χ3v) is 4.79. The van der Waals surface area contributed by atoms with Crippen molar-refractivity contribution in [1.29, 1.82) is 0 Å². The van der Waals surface area contributed by atoms with Crippen LogP contribution in [0.25, 0.3) is 0 Å². The lowest BCUT2D eigenvalue weighted by Gasteiger charge is -2.46. The molecule has 0 radical (unpaired) electrons. The molecule has 1 unspecified atom stereocenters. The van der Waals surface area contributed by atoms with E-state index >= 15 is 0 Å². The normalized spacial score (nSPS) is 21.5. The van der Waals surface area contributed by atoms with Crippen LogP contribution in [0.5, 0.6) is 0 Å². The molecule has 1 aliphatic heterocycles. The van der Waals surface area contributed by atoms with Crippen molar-refractivity contribution < 1.29 is 14.3 Å². The van der Waals surface area contributed by atoms with E-state index in [0.29, 0.717) is 13.2 Å². The lowest BCUT2D eigenvalue weighted by molar-refractivity contribution is -0.171. The van der Waals surface area contributed by atoms with Gasteiger partial charge in [0, 0.05) is 12.5 Å². The topological polar surface area (TPSA) is 46.6 Å². The summed E-state index contributed by atoms with van der Waals surface area (Å²) in [6.07, 6.45) is 0. The Balaban J connectivity index is 2.26. The molecule has 124 valence electrons. The van der Waals surface area contributed by atoms with Gasteiger partial charge in [-0.2, -0.15) is 0 Å². The van der Waals surface area contributed by atoms with Crippen LogP contribution in [-0.2, 0) is 14.3 Å². The van der Waals surface area contributed by atoms with Crippen LogP contribution in [0.4, 0.5) is 0 Å². The molecule has 0 aliphatic carbocycles. The first-order chi connectivity index (χ1) is 11.6. The number of benzene rings is 2. The summed E-state index contributed by atoms with van der Waals surface area (Å²) in [4.78, 5) is 27.5. The fourth-order valence-electron chi connectivity index (χ4n) is 3.64. The van der Waals surface area contributed by atoms with Gasteiger partial charge in [-0.3, -0.25) is 9.69 Å². The maximum Gasteiger partial charge on any atom is 0.335 e. The Bertz CT molecular complexity index is 690. The average molecular weight is 323 g/mol. The zero-order valence-corrected chi connectivity index (χ0v) is 13.9. The summed E-state index contributed by atoms with van der Waals surface area (Å²) in [5.41, 5.74) is 0.496. The minimum Gasteiger partial charge on any atom is -0.463 e. The van der Waals surface area contributed by atoms with Gasteiger partial charge in [-0.1, -0.05) is 60.7 Å². The van der Waals surface area contributed by atoms with E-state index in [1.54, 1.807) is 0 Å². The summed E-state index contributed by atoms with van der Waals surface area (Å²) in [6.45, 7) is 2.31. The lowest BCUT2D eigenvalue weighted by atomic mass is 9.71. The fraction of sp³-hybridized carbons (Fsp3) is 0.300. The Morgan fingerprint density at radius 3 is 1.96 bits per heavy atom. The predicted molar refractivity (Wildman–Crippen MR) is 91.7 cm³/mol. The standard InChI is InChI=1S/C20H21NO3/c1-15(22)20(19(23)24-14-13-21(20)2)18(16-9-5-3-6-10-16)17-11-7-4-8-12-17/h3-12,18H,13-14H2,1-2H3. The van der Waals surface area contributed by atoms with Crippen LogP contribution in [0.2, 0.25) is 0 Å². The molecule has 2 aromatic carbocycles. The molecule has 0 spiro atoms. The van der Waals surface area contributed by atoms with Gasteiger partial charge in [-0.05, 0) is 25.1 Å². The van der Waals surface area contributed by atoms with Gasteiger partial charge in [0.1, 0.15) is 6.61 Å². The Hall–Kier alpha value is -2.46. The smallest absolute Gasteiger partial charge is 0.335 e. The van der Waals surface area contributed by atoms with Crippen molar-refractivity contribution in [2.24, 2.45) is 0 Å². The van der Waals surface area contributed by atoms with Gasteiger partial charge in [0.15, 0.2) is 11.3 Å². The van der Waals surface area contributed by atoms with E-state index < -0.39 is 17.4 Å². The minimum absolute atomic E-state index is 0.201. The molecule has 0 N–H and O–H groups in total. The highest BCUT2D eigenvalue weighted by molar-refractivity contribution is 6.09. The van der Waals surface area contributed by atoms with Crippen LogP contribution >= 0.6 is 0 Å². The van der Waals surface area contributed by atoms with Crippen molar-refractivity contribution in [2.75, 3.05) is 20.2 Å². The number of cyclic esters (lactones) is 1. The molecule has 24 heavy (non-hydrogen) atoms. The molecular formula is C20H21NO3. The largest absolute Gasteiger partial charge is 0.463 e. The number of ether oxygens (including phenoxy) is 1. The molecule has 0 amide bonds. The SMILES string of the molecule is CC(=O)C1(C(c2ccccc2)c2ccccc2)C(=O)OCCN1C. The molecule has 2 aromatic rings. The zero-order valence-electron chi connectivity index (χ0n) is 13.9. The van der Waals surface area contributed by atoms with Crippen LogP contribution in [0, 0.1) is 0 Å². The minimum atomic E-state index is -1.35. The predicted octanol–water partition coefficient (Wildman–Crippen LogP) is 2.63. The summed E-state index contributed by atoms with van der Waals surface area (Å²) in [6, 6.07) is 19.4. The number of morpholine rings is 1. The number of Topliss-reactive ketones (excluding diaryl/α,β-unsaturated/α-hetero) is 1. The van der Waals surface area contributed by atoms with E-state index in [1.165, 1.54) is 6.92 Å². The maximum atomic E-state index is 12.9. The Kier molecular flexibility index (Phi) is 4.49. The van der Waals surface area contributed by atoms with E-state index in [-0.39, 0.29) is 5.78 Å². The van der Waals surface area contributed by atoms with Crippen LogP contribution in [0.3, 0.4) is 0 Å². The summed E-state index contributed by atoms with van der Waals surface area (Å²) >= 11 is 0. The van der Waals surface area contributed by atoms with Crippen LogP contribution in [0.15, 0.2) is 60.7 Å². The number of carbonyl (C=O) groups is 2. The van der Waals surface area contributed by atoms with E-state index in [9.17, 15) is 9.59 Å². The summed E-state index contributed by atoms with van der Waals surface area (Å²) < 4.78 is 5.35. The molecule has 0 bridgehead atoms. The van der Waals surface area contributed by atoms with Crippen molar-refractivity contribution in [3.05, 3.63) is 71.8 Å². The van der Waals surface area contributed by atoms with E-state index in [1.807, 2.05) is 72.6 Å². The van der Waals surface area contributed by atoms with E-state index in [2.05, 4.69) is 0 Å². The van der Waals surface area contributed by atoms with E-state index in [0.717, 1.165) is 11.1 Å². The number of esters is 1. The molecule has 3 rings (SSSR count). The molecule has 1 fully saturated rings. The Labute approximate surface area is 142 Å². The summed E-state index contributed by atoms with van der Waals surface area (Å²) in [5, 5.41) is 0. The number of rotatable bonds is 4. The number of hydrogen-bond acceptors (Lipinski definition) is 4. The van der Waals surface area contributed by atoms with Crippen molar-refractivity contribution in [1.82, 2.24) is 4.90 Å². The zero-order chi connectivity index (χ0) is 17.2. The second-order valence-corrected chi connectivity index (χ2v) is 6.13. The van der Waals surface area contributed by atoms with Crippen molar-refractivity contribution in [2.45, 2.75) is 18.4 Å². The molecule has 0 saturated carbocycles. The van der Waals surface area contributed by atoms with Crippen molar-refractivity contribution in [3.63, 3.8) is 0 Å². The van der Waals surface area contributed by atoms with Crippen molar-refractivity contribution in [3.8, 4) is 0 Å². The fourth-order valence-corrected chi connectivity index (χ4v) is 3.64. The Morgan fingerprint density at radius 1 is 1.04 bits per heavy atom. The number of nitrogens with zero attached hydrogens (tertiary/aromatic N) is 1. The third kappa shape index (κ3) is 2.53. The molecule has 1 saturated heterocycles. The van der Waals surface area contributed by atoms with Gasteiger partial charge in [0.2, 0.25) is 0 Å². The monoisotopic (exact) mass is 323 g/mol. The van der Waals surface area contributed by atoms with Gasteiger partial charge < -0.3 is 4.74 Å². The first kappa shape index (κ1) is 16.4. The van der Waals surface area contributed by atoms with Gasteiger partial charge in [0.25, 0.3) is 0 Å². The third-order valence-electron chi connectivity index (χ3n) is 4.79. The van der Waals surface area contributed by atoms with Gasteiger partial charge >= 0.3 is 5.97 Å². The molecule has 1 atom stereocenters. The lowest BCUT2D eigenvalue weighted by Crippen LogP contribution is -2.65. The molecule has 4 heteroatoms. The number of hydrogen-bond donors (Lipinski definition) is 0. The van der Waals surface area contributed by atoms with Gasteiger partial charge in [-0.25, -0.2) is 4.79 Å². The molecule has 0 aromatic heterocycles. The second kappa shape index (κ2) is 6.57. The molecular weight excluding hydrogens is 302 g/mol. The highest BCUT2D eigenvalue weighted by Crippen LogP contribution is 2.41. The summed E-state index contributed by atoms with van der Waals surface area (Å²) in [7, 11) is 1.82.